The Hall–Kier alpha value is -3.52. The third-order valence-corrected chi connectivity index (χ3v) is 5.72. The van der Waals surface area contributed by atoms with Gasteiger partial charge in [0, 0.05) is 30.8 Å². The summed E-state index contributed by atoms with van der Waals surface area (Å²) in [5.74, 6) is -0.180. The highest BCUT2D eigenvalue weighted by Gasteiger charge is 2.29. The van der Waals surface area contributed by atoms with Crippen molar-refractivity contribution in [2.24, 2.45) is 0 Å². The van der Waals surface area contributed by atoms with Crippen molar-refractivity contribution >= 4 is 11.6 Å². The average molecular weight is 434 g/mol. The number of carbonyl (C=O) groups excluding carboxylic acids is 1. The van der Waals surface area contributed by atoms with Crippen molar-refractivity contribution in [2.45, 2.75) is 39.9 Å². The van der Waals surface area contributed by atoms with Crippen LogP contribution >= 0.6 is 0 Å². The van der Waals surface area contributed by atoms with E-state index in [2.05, 4.69) is 0 Å². The van der Waals surface area contributed by atoms with Crippen molar-refractivity contribution in [3.8, 4) is 16.9 Å². The van der Waals surface area contributed by atoms with Gasteiger partial charge in [-0.2, -0.15) is 5.10 Å². The molecule has 1 aliphatic rings. The van der Waals surface area contributed by atoms with Gasteiger partial charge in [0.25, 0.3) is 11.6 Å². The Bertz CT molecular complexity index is 1180. The maximum atomic E-state index is 13.5. The zero-order valence-corrected chi connectivity index (χ0v) is 18.6. The number of nitrogens with zero attached hydrogens (tertiary/aromatic N) is 4. The Labute approximate surface area is 186 Å². The lowest BCUT2D eigenvalue weighted by atomic mass is 10.0. The zero-order chi connectivity index (χ0) is 23.0. The van der Waals surface area contributed by atoms with Crippen LogP contribution in [0.5, 0.6) is 0 Å². The van der Waals surface area contributed by atoms with E-state index in [1.165, 1.54) is 22.4 Å². The number of nitro groups is 1. The Morgan fingerprint density at radius 1 is 1.06 bits per heavy atom. The molecule has 2 heterocycles. The number of benzene rings is 2. The Morgan fingerprint density at radius 3 is 2.44 bits per heavy atom. The lowest BCUT2D eigenvalue weighted by Crippen LogP contribution is -2.48. The second-order valence-electron chi connectivity index (χ2n) is 8.37. The number of ether oxygens (including phenoxy) is 1. The maximum absolute atomic E-state index is 13.5. The molecule has 2 atom stereocenters. The number of rotatable bonds is 4. The number of morpholine rings is 1. The minimum Gasteiger partial charge on any atom is -0.372 e. The number of aryl methyl sites for hydroxylation is 2. The van der Waals surface area contributed by atoms with Gasteiger partial charge in [-0.05, 0) is 57.0 Å². The average Bonchev–Trinajstić information content (AvgIpc) is 3.20. The minimum absolute atomic E-state index is 0.0576. The summed E-state index contributed by atoms with van der Waals surface area (Å²) in [6.07, 6.45) is -0.146. The van der Waals surface area contributed by atoms with E-state index in [4.69, 9.17) is 9.84 Å². The maximum Gasteiger partial charge on any atom is 0.272 e. The third kappa shape index (κ3) is 4.27. The summed E-state index contributed by atoms with van der Waals surface area (Å²) in [6, 6.07) is 13.9. The summed E-state index contributed by atoms with van der Waals surface area (Å²) in [4.78, 5) is 26.2. The molecule has 0 N–H and O–H groups in total. The Kier molecular flexibility index (Phi) is 5.80. The van der Waals surface area contributed by atoms with Gasteiger partial charge in [0.2, 0.25) is 0 Å². The normalized spacial score (nSPS) is 18.6. The number of aromatic nitrogens is 2. The molecule has 32 heavy (non-hydrogen) atoms. The molecule has 1 fully saturated rings. The molecule has 3 aromatic rings. The van der Waals surface area contributed by atoms with Gasteiger partial charge in [0.1, 0.15) is 5.69 Å². The molecule has 8 heteroatoms. The van der Waals surface area contributed by atoms with Crippen molar-refractivity contribution in [2.75, 3.05) is 13.1 Å². The van der Waals surface area contributed by atoms with Gasteiger partial charge in [-0.3, -0.25) is 14.9 Å². The fraction of sp³-hybridized carbons (Fsp3) is 0.333. The van der Waals surface area contributed by atoms with Crippen LogP contribution in [0.15, 0.2) is 48.5 Å². The van der Waals surface area contributed by atoms with E-state index in [1.807, 2.05) is 45.9 Å². The van der Waals surface area contributed by atoms with Gasteiger partial charge in [0.05, 0.1) is 28.5 Å². The van der Waals surface area contributed by atoms with Gasteiger partial charge >= 0.3 is 0 Å². The minimum atomic E-state index is -0.454. The highest BCUT2D eigenvalue weighted by atomic mass is 16.6. The predicted octanol–water partition coefficient (Wildman–Crippen LogP) is 4.31. The Balaban J connectivity index is 1.82. The zero-order valence-electron chi connectivity index (χ0n) is 18.6. The van der Waals surface area contributed by atoms with E-state index >= 15 is 0 Å². The molecular weight excluding hydrogens is 408 g/mol. The number of amides is 1. The number of non-ortho nitro benzene ring substituents is 1. The molecule has 2 unspecified atom stereocenters. The highest BCUT2D eigenvalue weighted by molar-refractivity contribution is 5.94. The quantitative estimate of drug-likeness (QED) is 0.451. The van der Waals surface area contributed by atoms with Crippen LogP contribution in [0.3, 0.4) is 0 Å². The van der Waals surface area contributed by atoms with E-state index in [1.54, 1.807) is 23.1 Å². The van der Waals surface area contributed by atoms with Crippen LogP contribution in [-0.2, 0) is 4.74 Å². The summed E-state index contributed by atoms with van der Waals surface area (Å²) in [5.41, 5.74) is 4.58. The first-order chi connectivity index (χ1) is 15.2. The SMILES string of the molecule is Cc1ccc(-c2cc(C(=O)N3CC(C)OC(C)C3)n(-c3cccc([N+](=O)[O-])c3)n2)cc1C. The van der Waals surface area contributed by atoms with E-state index in [9.17, 15) is 14.9 Å². The molecule has 166 valence electrons. The summed E-state index contributed by atoms with van der Waals surface area (Å²) in [5, 5.41) is 16.0. The van der Waals surface area contributed by atoms with Crippen LogP contribution in [0.1, 0.15) is 35.5 Å². The molecule has 8 nitrogen and oxygen atoms in total. The van der Waals surface area contributed by atoms with Gasteiger partial charge < -0.3 is 9.64 Å². The lowest BCUT2D eigenvalue weighted by molar-refractivity contribution is -0.384. The van der Waals surface area contributed by atoms with Crippen LogP contribution in [-0.4, -0.2) is 50.8 Å². The van der Waals surface area contributed by atoms with Crippen molar-refractivity contribution in [3.05, 3.63) is 75.5 Å². The van der Waals surface area contributed by atoms with Crippen molar-refractivity contribution in [1.82, 2.24) is 14.7 Å². The van der Waals surface area contributed by atoms with Gasteiger partial charge in [-0.1, -0.05) is 18.2 Å². The van der Waals surface area contributed by atoms with E-state index in [0.29, 0.717) is 30.2 Å². The molecule has 0 radical (unpaired) electrons. The molecule has 2 aromatic carbocycles. The molecule has 1 saturated heterocycles. The molecule has 1 amide bonds. The van der Waals surface area contributed by atoms with Crippen molar-refractivity contribution in [3.63, 3.8) is 0 Å². The standard InChI is InChI=1S/C24H26N4O4/c1-15-8-9-19(10-16(15)2)22-12-23(24(29)26-13-17(3)32-18(4)14-26)27(25-22)20-6-5-7-21(11-20)28(30)31/h5-12,17-18H,13-14H2,1-4H3. The molecule has 1 aliphatic heterocycles. The van der Waals surface area contributed by atoms with E-state index < -0.39 is 4.92 Å². The highest BCUT2D eigenvalue weighted by Crippen LogP contribution is 2.27. The summed E-state index contributed by atoms with van der Waals surface area (Å²) in [6.45, 7) is 8.89. The third-order valence-electron chi connectivity index (χ3n) is 5.72. The molecule has 1 aromatic heterocycles. The van der Waals surface area contributed by atoms with Gasteiger partial charge in [0.15, 0.2) is 0 Å². The Morgan fingerprint density at radius 2 is 1.78 bits per heavy atom. The molecule has 0 saturated carbocycles. The second-order valence-corrected chi connectivity index (χ2v) is 8.37. The van der Waals surface area contributed by atoms with Crippen LogP contribution in [0.4, 0.5) is 5.69 Å². The topological polar surface area (TPSA) is 90.5 Å². The smallest absolute Gasteiger partial charge is 0.272 e. The first kappa shape index (κ1) is 21.7. The van der Waals surface area contributed by atoms with Crippen LogP contribution in [0, 0.1) is 24.0 Å². The number of nitro benzene ring substituents is 1. The predicted molar refractivity (Wildman–Crippen MR) is 121 cm³/mol. The van der Waals surface area contributed by atoms with Crippen molar-refractivity contribution < 1.29 is 14.5 Å². The number of hydrogen-bond acceptors (Lipinski definition) is 5. The molecular formula is C24H26N4O4. The largest absolute Gasteiger partial charge is 0.372 e. The molecule has 4 rings (SSSR count). The van der Waals surface area contributed by atoms with Crippen LogP contribution in [0.2, 0.25) is 0 Å². The van der Waals surface area contributed by atoms with E-state index in [0.717, 1.165) is 11.1 Å². The van der Waals surface area contributed by atoms with E-state index in [-0.39, 0.29) is 23.8 Å². The summed E-state index contributed by atoms with van der Waals surface area (Å²) in [7, 11) is 0. The summed E-state index contributed by atoms with van der Waals surface area (Å²) < 4.78 is 7.27. The molecule has 0 bridgehead atoms. The lowest BCUT2D eigenvalue weighted by Gasteiger charge is -2.35. The van der Waals surface area contributed by atoms with Crippen LogP contribution < -0.4 is 0 Å². The van der Waals surface area contributed by atoms with Crippen LogP contribution in [0.25, 0.3) is 16.9 Å². The number of carbonyl (C=O) groups is 1. The fourth-order valence-corrected chi connectivity index (χ4v) is 4.02. The molecule has 0 spiro atoms. The first-order valence-electron chi connectivity index (χ1n) is 10.6. The molecule has 0 aliphatic carbocycles. The fourth-order valence-electron chi connectivity index (χ4n) is 4.02. The van der Waals surface area contributed by atoms with Gasteiger partial charge in [-0.25, -0.2) is 4.68 Å². The first-order valence-corrected chi connectivity index (χ1v) is 10.6. The second kappa shape index (κ2) is 8.55. The monoisotopic (exact) mass is 434 g/mol. The number of hydrogen-bond donors (Lipinski definition) is 0. The van der Waals surface area contributed by atoms with Gasteiger partial charge in [-0.15, -0.1) is 0 Å². The summed E-state index contributed by atoms with van der Waals surface area (Å²) >= 11 is 0. The van der Waals surface area contributed by atoms with Crippen molar-refractivity contribution in [1.29, 1.82) is 0 Å².